The molecule has 1 unspecified atom stereocenters. The first-order valence-corrected chi connectivity index (χ1v) is 4.74. The second kappa shape index (κ2) is 4.52. The van der Waals surface area contributed by atoms with Crippen LogP contribution in [0.25, 0.3) is 0 Å². The standard InChI is InChI=1S/C10H10N4O2/c1-8(14-7-6-12-13-14)16-10(15)9-2-4-11-5-3-9/h2-8H,1H3. The molecule has 0 saturated carbocycles. The van der Waals surface area contributed by atoms with Crippen LogP contribution in [0.4, 0.5) is 0 Å². The molecule has 2 rings (SSSR count). The summed E-state index contributed by atoms with van der Waals surface area (Å²) in [4.78, 5) is 15.5. The molecule has 16 heavy (non-hydrogen) atoms. The number of nitrogens with zero attached hydrogens (tertiary/aromatic N) is 4. The highest BCUT2D eigenvalue weighted by Gasteiger charge is 2.12. The van der Waals surface area contributed by atoms with Crippen molar-refractivity contribution in [2.45, 2.75) is 13.2 Å². The van der Waals surface area contributed by atoms with Gasteiger partial charge in [-0.2, -0.15) is 0 Å². The van der Waals surface area contributed by atoms with E-state index in [2.05, 4.69) is 15.3 Å². The zero-order chi connectivity index (χ0) is 11.4. The summed E-state index contributed by atoms with van der Waals surface area (Å²) in [5, 5.41) is 7.37. The average molecular weight is 218 g/mol. The molecule has 6 nitrogen and oxygen atoms in total. The minimum Gasteiger partial charge on any atom is -0.436 e. The quantitative estimate of drug-likeness (QED) is 0.720. The van der Waals surface area contributed by atoms with E-state index in [0.717, 1.165) is 0 Å². The van der Waals surface area contributed by atoms with Crippen LogP contribution in [0.3, 0.4) is 0 Å². The van der Waals surface area contributed by atoms with Gasteiger partial charge in [-0.3, -0.25) is 4.98 Å². The molecular formula is C10H10N4O2. The molecule has 0 aliphatic carbocycles. The number of hydrogen-bond acceptors (Lipinski definition) is 5. The fourth-order valence-electron chi connectivity index (χ4n) is 1.18. The van der Waals surface area contributed by atoms with Gasteiger partial charge < -0.3 is 4.74 Å². The Bertz CT molecular complexity index is 455. The third kappa shape index (κ3) is 2.22. The van der Waals surface area contributed by atoms with Crippen molar-refractivity contribution >= 4 is 5.97 Å². The number of hydrogen-bond donors (Lipinski definition) is 0. The van der Waals surface area contributed by atoms with Gasteiger partial charge in [-0.25, -0.2) is 9.48 Å². The van der Waals surface area contributed by atoms with E-state index in [9.17, 15) is 4.79 Å². The van der Waals surface area contributed by atoms with Crippen molar-refractivity contribution in [3.05, 3.63) is 42.5 Å². The zero-order valence-corrected chi connectivity index (χ0v) is 8.65. The number of carbonyl (C=O) groups excluding carboxylic acids is 1. The first kappa shape index (κ1) is 10.3. The Morgan fingerprint density at radius 1 is 1.38 bits per heavy atom. The Balaban J connectivity index is 2.03. The fourth-order valence-corrected chi connectivity index (χ4v) is 1.18. The summed E-state index contributed by atoms with van der Waals surface area (Å²) < 4.78 is 6.63. The predicted molar refractivity (Wildman–Crippen MR) is 54.4 cm³/mol. The lowest BCUT2D eigenvalue weighted by Gasteiger charge is -2.12. The molecule has 0 aliphatic heterocycles. The van der Waals surface area contributed by atoms with Crippen LogP contribution in [-0.4, -0.2) is 25.9 Å². The summed E-state index contributed by atoms with van der Waals surface area (Å²) in [7, 11) is 0. The number of ether oxygens (including phenoxy) is 1. The summed E-state index contributed by atoms with van der Waals surface area (Å²) in [6.45, 7) is 1.72. The number of pyridine rings is 1. The fraction of sp³-hybridized carbons (Fsp3) is 0.200. The van der Waals surface area contributed by atoms with E-state index < -0.39 is 12.2 Å². The van der Waals surface area contributed by atoms with Crippen molar-refractivity contribution in [2.75, 3.05) is 0 Å². The largest absolute Gasteiger partial charge is 0.436 e. The van der Waals surface area contributed by atoms with Gasteiger partial charge in [-0.05, 0) is 19.1 Å². The van der Waals surface area contributed by atoms with Gasteiger partial charge in [0.25, 0.3) is 0 Å². The molecule has 0 saturated heterocycles. The molecule has 0 aromatic carbocycles. The molecule has 0 amide bonds. The highest BCUT2D eigenvalue weighted by Crippen LogP contribution is 2.09. The lowest BCUT2D eigenvalue weighted by molar-refractivity contribution is 0.0112. The van der Waals surface area contributed by atoms with Crippen LogP contribution in [0, 0.1) is 0 Å². The van der Waals surface area contributed by atoms with Crippen LogP contribution < -0.4 is 0 Å². The van der Waals surface area contributed by atoms with Gasteiger partial charge in [0, 0.05) is 18.6 Å². The molecule has 0 bridgehead atoms. The summed E-state index contributed by atoms with van der Waals surface area (Å²) in [5.74, 6) is -0.412. The molecule has 82 valence electrons. The average Bonchev–Trinajstić information content (AvgIpc) is 2.83. The molecular weight excluding hydrogens is 208 g/mol. The highest BCUT2D eigenvalue weighted by atomic mass is 16.6. The van der Waals surface area contributed by atoms with E-state index in [0.29, 0.717) is 5.56 Å². The second-order valence-corrected chi connectivity index (χ2v) is 3.12. The molecule has 2 heterocycles. The van der Waals surface area contributed by atoms with Crippen molar-refractivity contribution in [3.63, 3.8) is 0 Å². The maximum Gasteiger partial charge on any atom is 0.340 e. The molecule has 0 aliphatic rings. The number of rotatable bonds is 3. The monoisotopic (exact) mass is 218 g/mol. The van der Waals surface area contributed by atoms with Gasteiger partial charge in [0.15, 0.2) is 6.23 Å². The SMILES string of the molecule is CC(OC(=O)c1ccncc1)n1ccnn1. The first-order valence-electron chi connectivity index (χ1n) is 4.74. The molecule has 0 N–H and O–H groups in total. The van der Waals surface area contributed by atoms with Crippen molar-refractivity contribution in [1.82, 2.24) is 20.0 Å². The smallest absolute Gasteiger partial charge is 0.340 e. The normalized spacial score (nSPS) is 12.1. The summed E-state index contributed by atoms with van der Waals surface area (Å²) in [6, 6.07) is 3.19. The third-order valence-electron chi connectivity index (χ3n) is 2.01. The lowest BCUT2D eigenvalue weighted by Crippen LogP contribution is -2.15. The van der Waals surface area contributed by atoms with Gasteiger partial charge in [0.05, 0.1) is 11.8 Å². The van der Waals surface area contributed by atoms with Gasteiger partial charge in [0.2, 0.25) is 0 Å². The third-order valence-corrected chi connectivity index (χ3v) is 2.01. The second-order valence-electron chi connectivity index (χ2n) is 3.12. The minimum atomic E-state index is -0.483. The topological polar surface area (TPSA) is 69.9 Å². The number of aromatic nitrogens is 4. The number of carbonyl (C=O) groups is 1. The van der Waals surface area contributed by atoms with Crippen LogP contribution in [0.15, 0.2) is 36.9 Å². The Kier molecular flexibility index (Phi) is 2.90. The summed E-state index contributed by atoms with van der Waals surface area (Å²) in [6.07, 6.45) is 5.75. The maximum atomic E-state index is 11.6. The summed E-state index contributed by atoms with van der Waals surface area (Å²) >= 11 is 0. The predicted octanol–water partition coefficient (Wildman–Crippen LogP) is 1.05. The Morgan fingerprint density at radius 2 is 2.12 bits per heavy atom. The van der Waals surface area contributed by atoms with Crippen LogP contribution in [-0.2, 0) is 4.74 Å². The van der Waals surface area contributed by atoms with Gasteiger partial charge in [-0.1, -0.05) is 5.21 Å². The number of esters is 1. The van der Waals surface area contributed by atoms with Crippen LogP contribution in [0.5, 0.6) is 0 Å². The maximum absolute atomic E-state index is 11.6. The molecule has 2 aromatic rings. The molecule has 2 aromatic heterocycles. The van der Waals surface area contributed by atoms with Gasteiger partial charge in [-0.15, -0.1) is 5.10 Å². The van der Waals surface area contributed by atoms with E-state index in [-0.39, 0.29) is 0 Å². The van der Waals surface area contributed by atoms with E-state index >= 15 is 0 Å². The van der Waals surface area contributed by atoms with Crippen molar-refractivity contribution in [1.29, 1.82) is 0 Å². The molecule has 0 fully saturated rings. The van der Waals surface area contributed by atoms with Crippen LogP contribution in [0.1, 0.15) is 23.5 Å². The van der Waals surface area contributed by atoms with Crippen LogP contribution >= 0.6 is 0 Å². The van der Waals surface area contributed by atoms with Crippen molar-refractivity contribution in [2.24, 2.45) is 0 Å². The van der Waals surface area contributed by atoms with Crippen molar-refractivity contribution in [3.8, 4) is 0 Å². The van der Waals surface area contributed by atoms with Gasteiger partial charge >= 0.3 is 5.97 Å². The Morgan fingerprint density at radius 3 is 2.75 bits per heavy atom. The van der Waals surface area contributed by atoms with Crippen molar-refractivity contribution < 1.29 is 9.53 Å². The van der Waals surface area contributed by atoms with E-state index in [1.54, 1.807) is 25.3 Å². The first-order chi connectivity index (χ1) is 7.77. The lowest BCUT2D eigenvalue weighted by atomic mass is 10.3. The molecule has 6 heteroatoms. The Labute approximate surface area is 91.9 Å². The van der Waals surface area contributed by atoms with E-state index in [4.69, 9.17) is 4.74 Å². The van der Waals surface area contributed by atoms with Crippen LogP contribution in [0.2, 0.25) is 0 Å². The minimum absolute atomic E-state index is 0.412. The molecule has 0 radical (unpaired) electrons. The Hall–Kier alpha value is -2.24. The molecule has 1 atom stereocenters. The van der Waals surface area contributed by atoms with E-state index in [1.165, 1.54) is 23.3 Å². The molecule has 0 spiro atoms. The highest BCUT2D eigenvalue weighted by molar-refractivity contribution is 5.89. The zero-order valence-electron chi connectivity index (χ0n) is 8.65. The summed E-state index contributed by atoms with van der Waals surface area (Å²) in [5.41, 5.74) is 0.460. The van der Waals surface area contributed by atoms with E-state index in [1.807, 2.05) is 0 Å². The van der Waals surface area contributed by atoms with Gasteiger partial charge in [0.1, 0.15) is 0 Å².